The Bertz CT molecular complexity index is 461. The van der Waals surface area contributed by atoms with Gasteiger partial charge in [0.1, 0.15) is 5.82 Å². The fraction of sp³-hybridized carbons (Fsp3) is 0.533. The van der Waals surface area contributed by atoms with E-state index in [0.717, 1.165) is 19.5 Å². The smallest absolute Gasteiger partial charge is 0.251 e. The monoisotopic (exact) mass is 264 g/mol. The first-order chi connectivity index (χ1) is 9.08. The van der Waals surface area contributed by atoms with Gasteiger partial charge < -0.3 is 10.6 Å². The number of rotatable bonds is 3. The zero-order chi connectivity index (χ0) is 13.8. The molecule has 0 aliphatic carbocycles. The van der Waals surface area contributed by atoms with Crippen LogP contribution in [0.25, 0.3) is 0 Å². The molecule has 1 amide bonds. The minimum absolute atomic E-state index is 0.115. The van der Waals surface area contributed by atoms with Gasteiger partial charge in [-0.2, -0.15) is 0 Å². The highest BCUT2D eigenvalue weighted by atomic mass is 19.1. The van der Waals surface area contributed by atoms with Crippen LogP contribution in [0.5, 0.6) is 0 Å². The van der Waals surface area contributed by atoms with Crippen LogP contribution in [0.3, 0.4) is 0 Å². The molecule has 104 valence electrons. The van der Waals surface area contributed by atoms with E-state index >= 15 is 0 Å². The molecule has 2 atom stereocenters. The zero-order valence-corrected chi connectivity index (χ0v) is 11.5. The summed E-state index contributed by atoms with van der Waals surface area (Å²) in [6, 6.07) is 4.26. The number of benzene rings is 1. The van der Waals surface area contributed by atoms with Crippen molar-refractivity contribution in [3.8, 4) is 0 Å². The van der Waals surface area contributed by atoms with Gasteiger partial charge >= 0.3 is 0 Å². The van der Waals surface area contributed by atoms with Crippen molar-refractivity contribution in [1.29, 1.82) is 0 Å². The molecule has 1 aromatic rings. The van der Waals surface area contributed by atoms with Crippen LogP contribution in [-0.4, -0.2) is 25.5 Å². The molecular weight excluding hydrogens is 243 g/mol. The Labute approximate surface area is 113 Å². The number of halogens is 1. The summed E-state index contributed by atoms with van der Waals surface area (Å²) < 4.78 is 13.0. The second-order valence-electron chi connectivity index (χ2n) is 5.40. The molecule has 0 aromatic heterocycles. The van der Waals surface area contributed by atoms with E-state index in [4.69, 9.17) is 0 Å². The van der Waals surface area contributed by atoms with E-state index < -0.39 is 0 Å². The van der Waals surface area contributed by atoms with Crippen LogP contribution in [0, 0.1) is 24.6 Å². The topological polar surface area (TPSA) is 41.1 Å². The largest absolute Gasteiger partial charge is 0.352 e. The number of aryl methyl sites for hydroxylation is 1. The van der Waals surface area contributed by atoms with Crippen molar-refractivity contribution >= 4 is 5.91 Å². The summed E-state index contributed by atoms with van der Waals surface area (Å²) >= 11 is 0. The Morgan fingerprint density at radius 1 is 1.53 bits per heavy atom. The lowest BCUT2D eigenvalue weighted by Crippen LogP contribution is -2.42. The fourth-order valence-electron chi connectivity index (χ4n) is 2.53. The van der Waals surface area contributed by atoms with E-state index in [0.29, 0.717) is 29.5 Å². The molecular formula is C15H21FN2O. The van der Waals surface area contributed by atoms with Gasteiger partial charge in [-0.3, -0.25) is 4.79 Å². The molecule has 0 radical (unpaired) electrons. The van der Waals surface area contributed by atoms with E-state index in [2.05, 4.69) is 17.6 Å². The Kier molecular flexibility index (Phi) is 4.53. The molecule has 2 N–H and O–H groups in total. The van der Waals surface area contributed by atoms with Gasteiger partial charge in [-0.1, -0.05) is 6.92 Å². The average Bonchev–Trinajstić information content (AvgIpc) is 2.37. The molecule has 0 bridgehead atoms. The summed E-state index contributed by atoms with van der Waals surface area (Å²) in [5.41, 5.74) is 1.23. The van der Waals surface area contributed by atoms with Crippen molar-refractivity contribution in [3.05, 3.63) is 35.1 Å². The molecule has 1 aromatic carbocycles. The summed E-state index contributed by atoms with van der Waals surface area (Å²) in [6.07, 6.45) is 1.15. The lowest BCUT2D eigenvalue weighted by Gasteiger charge is -2.29. The van der Waals surface area contributed by atoms with Crippen molar-refractivity contribution in [3.63, 3.8) is 0 Å². The lowest BCUT2D eigenvalue weighted by atomic mass is 9.88. The first-order valence-electron chi connectivity index (χ1n) is 6.83. The van der Waals surface area contributed by atoms with Gasteiger partial charge in [0.25, 0.3) is 5.91 Å². The van der Waals surface area contributed by atoms with Crippen LogP contribution >= 0.6 is 0 Å². The van der Waals surface area contributed by atoms with Crippen molar-refractivity contribution in [1.82, 2.24) is 10.6 Å². The molecule has 1 heterocycles. The minimum atomic E-state index is -0.306. The van der Waals surface area contributed by atoms with Crippen LogP contribution in [0.4, 0.5) is 4.39 Å². The number of hydrogen-bond acceptors (Lipinski definition) is 2. The molecule has 19 heavy (non-hydrogen) atoms. The van der Waals surface area contributed by atoms with Gasteiger partial charge in [0.15, 0.2) is 0 Å². The molecule has 1 saturated heterocycles. The van der Waals surface area contributed by atoms with Gasteiger partial charge in [-0.05, 0) is 62.0 Å². The molecule has 4 heteroatoms. The van der Waals surface area contributed by atoms with Gasteiger partial charge in [0.2, 0.25) is 0 Å². The molecule has 0 saturated carbocycles. The van der Waals surface area contributed by atoms with Crippen molar-refractivity contribution in [2.75, 3.05) is 19.6 Å². The normalized spacial score (nSPS) is 23.1. The summed E-state index contributed by atoms with van der Waals surface area (Å²) in [6.45, 7) is 6.65. The predicted octanol–water partition coefficient (Wildman–Crippen LogP) is 2.11. The van der Waals surface area contributed by atoms with E-state index in [1.54, 1.807) is 13.0 Å². The first-order valence-corrected chi connectivity index (χ1v) is 6.83. The van der Waals surface area contributed by atoms with Gasteiger partial charge in [0.05, 0.1) is 0 Å². The number of piperidine rings is 1. The van der Waals surface area contributed by atoms with Gasteiger partial charge in [-0.25, -0.2) is 4.39 Å². The average molecular weight is 264 g/mol. The van der Waals surface area contributed by atoms with E-state index in [-0.39, 0.29) is 11.7 Å². The molecule has 3 nitrogen and oxygen atoms in total. The highest BCUT2D eigenvalue weighted by Gasteiger charge is 2.21. The van der Waals surface area contributed by atoms with Crippen molar-refractivity contribution < 1.29 is 9.18 Å². The standard InChI is InChI=1S/C15H21FN2O/c1-10-5-6-17-8-12(10)9-18-15(19)14-4-3-13(16)7-11(14)2/h3-4,7,10,12,17H,5-6,8-9H2,1-2H3,(H,18,19). The number of carbonyl (C=O) groups excluding carboxylic acids is 1. The van der Waals surface area contributed by atoms with Crippen LogP contribution in [0.2, 0.25) is 0 Å². The number of hydrogen-bond donors (Lipinski definition) is 2. The Morgan fingerprint density at radius 2 is 2.32 bits per heavy atom. The van der Waals surface area contributed by atoms with Crippen molar-refractivity contribution in [2.24, 2.45) is 11.8 Å². The maximum Gasteiger partial charge on any atom is 0.251 e. The summed E-state index contributed by atoms with van der Waals surface area (Å²) in [4.78, 5) is 12.1. The summed E-state index contributed by atoms with van der Waals surface area (Å²) in [5, 5.41) is 6.30. The highest BCUT2D eigenvalue weighted by molar-refractivity contribution is 5.95. The third-order valence-corrected chi connectivity index (χ3v) is 3.95. The van der Waals surface area contributed by atoms with E-state index in [9.17, 15) is 9.18 Å². The highest BCUT2D eigenvalue weighted by Crippen LogP contribution is 2.17. The quantitative estimate of drug-likeness (QED) is 0.878. The van der Waals surface area contributed by atoms with Gasteiger partial charge in [0, 0.05) is 12.1 Å². The second kappa shape index (κ2) is 6.15. The fourth-order valence-corrected chi connectivity index (χ4v) is 2.53. The Balaban J connectivity index is 1.93. The SMILES string of the molecule is Cc1cc(F)ccc1C(=O)NCC1CNCCC1C. The molecule has 1 aliphatic rings. The van der Waals surface area contributed by atoms with Crippen molar-refractivity contribution in [2.45, 2.75) is 20.3 Å². The molecule has 2 unspecified atom stereocenters. The van der Waals surface area contributed by atoms with Crippen LogP contribution in [0.1, 0.15) is 29.3 Å². The molecule has 0 spiro atoms. The molecule has 1 aliphatic heterocycles. The lowest BCUT2D eigenvalue weighted by molar-refractivity contribution is 0.0938. The van der Waals surface area contributed by atoms with Crippen LogP contribution in [-0.2, 0) is 0 Å². The Morgan fingerprint density at radius 3 is 3.00 bits per heavy atom. The Hall–Kier alpha value is -1.42. The first kappa shape index (κ1) is 14.0. The van der Waals surface area contributed by atoms with Crippen LogP contribution in [0.15, 0.2) is 18.2 Å². The third kappa shape index (κ3) is 3.53. The summed E-state index contributed by atoms with van der Waals surface area (Å²) in [7, 11) is 0. The number of carbonyl (C=O) groups is 1. The third-order valence-electron chi connectivity index (χ3n) is 3.95. The summed E-state index contributed by atoms with van der Waals surface area (Å²) in [5.74, 6) is 0.670. The maximum absolute atomic E-state index is 13.0. The number of nitrogens with one attached hydrogen (secondary N) is 2. The molecule has 1 fully saturated rings. The minimum Gasteiger partial charge on any atom is -0.352 e. The van der Waals surface area contributed by atoms with E-state index in [1.165, 1.54) is 12.1 Å². The van der Waals surface area contributed by atoms with Crippen LogP contribution < -0.4 is 10.6 Å². The zero-order valence-electron chi connectivity index (χ0n) is 11.5. The van der Waals surface area contributed by atoms with Gasteiger partial charge in [-0.15, -0.1) is 0 Å². The predicted molar refractivity (Wildman–Crippen MR) is 73.6 cm³/mol. The second-order valence-corrected chi connectivity index (χ2v) is 5.40. The van der Waals surface area contributed by atoms with E-state index in [1.807, 2.05) is 0 Å². The maximum atomic E-state index is 13.0. The number of amides is 1. The molecule has 2 rings (SSSR count).